The van der Waals surface area contributed by atoms with Gasteiger partial charge in [-0.3, -0.25) is 0 Å². The van der Waals surface area contributed by atoms with Crippen molar-refractivity contribution in [3.63, 3.8) is 0 Å². The Hall–Kier alpha value is -1.59. The molecule has 0 radical (unpaired) electrons. The molecule has 0 spiro atoms. The van der Waals surface area contributed by atoms with Crippen molar-refractivity contribution in [3.8, 4) is 11.3 Å². The van der Waals surface area contributed by atoms with Crippen LogP contribution >= 0.6 is 0 Å². The second kappa shape index (κ2) is 3.88. The van der Waals surface area contributed by atoms with Crippen molar-refractivity contribution in [2.75, 3.05) is 0 Å². The van der Waals surface area contributed by atoms with Gasteiger partial charge in [-0.15, -0.1) is 0 Å². The average molecular weight is 203 g/mol. The Balaban J connectivity index is 2.54. The van der Waals surface area contributed by atoms with Crippen molar-refractivity contribution in [3.05, 3.63) is 36.1 Å². The Kier molecular flexibility index (Phi) is 2.57. The van der Waals surface area contributed by atoms with Crippen LogP contribution in [0, 0.1) is 6.92 Å². The van der Waals surface area contributed by atoms with Gasteiger partial charge < -0.3 is 14.6 Å². The standard InChI is InChI=1S/C10H10BNO3/c1-7-9(11(13)14)10(12-15-7)8-5-3-2-4-6-8/h2-6,13-14H,1H3. The van der Waals surface area contributed by atoms with Crippen LogP contribution in [0.5, 0.6) is 0 Å². The van der Waals surface area contributed by atoms with Gasteiger partial charge in [0.15, 0.2) is 0 Å². The van der Waals surface area contributed by atoms with Crippen LogP contribution in [-0.4, -0.2) is 22.3 Å². The van der Waals surface area contributed by atoms with Gasteiger partial charge in [0.1, 0.15) is 11.5 Å². The molecular weight excluding hydrogens is 193 g/mol. The van der Waals surface area contributed by atoms with Gasteiger partial charge in [-0.2, -0.15) is 0 Å². The quantitative estimate of drug-likeness (QED) is 0.690. The Labute approximate surface area is 87.3 Å². The molecule has 1 aromatic heterocycles. The van der Waals surface area contributed by atoms with E-state index in [0.29, 0.717) is 16.9 Å². The Morgan fingerprint density at radius 2 is 1.87 bits per heavy atom. The van der Waals surface area contributed by atoms with Crippen LogP contribution < -0.4 is 5.46 Å². The lowest BCUT2D eigenvalue weighted by atomic mass is 9.77. The molecule has 76 valence electrons. The summed E-state index contributed by atoms with van der Waals surface area (Å²) in [6, 6.07) is 9.26. The number of benzene rings is 1. The molecule has 0 unspecified atom stereocenters. The molecule has 1 aromatic carbocycles. The number of nitrogens with zero attached hydrogens (tertiary/aromatic N) is 1. The third-order valence-corrected chi connectivity index (χ3v) is 2.21. The van der Waals surface area contributed by atoms with Gasteiger partial charge in [0.25, 0.3) is 0 Å². The first-order valence-electron chi connectivity index (χ1n) is 4.58. The molecule has 0 fully saturated rings. The molecule has 1 heterocycles. The Bertz CT molecular complexity index is 453. The minimum Gasteiger partial charge on any atom is -0.423 e. The highest BCUT2D eigenvalue weighted by Crippen LogP contribution is 2.16. The van der Waals surface area contributed by atoms with Gasteiger partial charge in [-0.25, -0.2) is 0 Å². The maximum Gasteiger partial charge on any atom is 0.494 e. The molecule has 0 atom stereocenters. The molecular formula is C10H10BNO3. The molecule has 15 heavy (non-hydrogen) atoms. The molecule has 0 saturated heterocycles. The van der Waals surface area contributed by atoms with E-state index in [0.717, 1.165) is 5.56 Å². The molecule has 0 saturated carbocycles. The lowest BCUT2D eigenvalue weighted by molar-refractivity contribution is 0.397. The molecule has 0 aliphatic rings. The summed E-state index contributed by atoms with van der Waals surface area (Å²) < 4.78 is 4.94. The van der Waals surface area contributed by atoms with Gasteiger partial charge in [0.2, 0.25) is 0 Å². The van der Waals surface area contributed by atoms with Gasteiger partial charge in [0, 0.05) is 5.56 Å². The van der Waals surface area contributed by atoms with Gasteiger partial charge in [-0.1, -0.05) is 35.5 Å². The topological polar surface area (TPSA) is 66.5 Å². The van der Waals surface area contributed by atoms with E-state index >= 15 is 0 Å². The minimum atomic E-state index is -1.56. The van der Waals surface area contributed by atoms with E-state index in [1.54, 1.807) is 6.92 Å². The number of aromatic nitrogens is 1. The van der Waals surface area contributed by atoms with Gasteiger partial charge >= 0.3 is 7.12 Å². The second-order valence-corrected chi connectivity index (χ2v) is 3.24. The SMILES string of the molecule is Cc1onc(-c2ccccc2)c1B(O)O. The first kappa shape index (κ1) is 9.95. The zero-order chi connectivity index (χ0) is 10.8. The summed E-state index contributed by atoms with van der Waals surface area (Å²) >= 11 is 0. The fourth-order valence-corrected chi connectivity index (χ4v) is 1.49. The van der Waals surface area contributed by atoms with Crippen molar-refractivity contribution in [2.45, 2.75) is 6.92 Å². The normalized spacial score (nSPS) is 10.3. The first-order valence-corrected chi connectivity index (χ1v) is 4.58. The highest BCUT2D eigenvalue weighted by molar-refractivity contribution is 6.60. The summed E-state index contributed by atoms with van der Waals surface area (Å²) in [6.45, 7) is 1.65. The Morgan fingerprint density at radius 3 is 2.47 bits per heavy atom. The molecule has 0 amide bonds. The zero-order valence-electron chi connectivity index (χ0n) is 8.21. The van der Waals surface area contributed by atoms with E-state index in [1.165, 1.54) is 0 Å². The van der Waals surface area contributed by atoms with Crippen LogP contribution in [0.4, 0.5) is 0 Å². The lowest BCUT2D eigenvalue weighted by Gasteiger charge is -2.00. The maximum atomic E-state index is 9.19. The van der Waals surface area contributed by atoms with Crippen molar-refractivity contribution in [2.24, 2.45) is 0 Å². The van der Waals surface area contributed by atoms with Crippen LogP contribution in [0.3, 0.4) is 0 Å². The fraction of sp³-hybridized carbons (Fsp3) is 0.100. The summed E-state index contributed by atoms with van der Waals surface area (Å²) in [6.07, 6.45) is 0. The highest BCUT2D eigenvalue weighted by atomic mass is 16.5. The van der Waals surface area contributed by atoms with Crippen molar-refractivity contribution in [1.82, 2.24) is 5.16 Å². The summed E-state index contributed by atoms with van der Waals surface area (Å²) in [5, 5.41) is 22.2. The van der Waals surface area contributed by atoms with E-state index in [2.05, 4.69) is 5.16 Å². The number of hydrogen-bond donors (Lipinski definition) is 2. The monoisotopic (exact) mass is 203 g/mol. The molecule has 0 aliphatic heterocycles. The highest BCUT2D eigenvalue weighted by Gasteiger charge is 2.24. The third kappa shape index (κ3) is 1.79. The van der Waals surface area contributed by atoms with Crippen LogP contribution in [0.1, 0.15) is 5.76 Å². The second-order valence-electron chi connectivity index (χ2n) is 3.24. The van der Waals surface area contributed by atoms with E-state index in [9.17, 15) is 10.0 Å². The lowest BCUT2D eigenvalue weighted by Crippen LogP contribution is -2.32. The van der Waals surface area contributed by atoms with Crippen LogP contribution in [-0.2, 0) is 0 Å². The molecule has 4 nitrogen and oxygen atoms in total. The number of rotatable bonds is 2. The molecule has 0 bridgehead atoms. The molecule has 5 heteroatoms. The van der Waals surface area contributed by atoms with Gasteiger partial charge in [-0.05, 0) is 6.92 Å². The van der Waals surface area contributed by atoms with E-state index in [4.69, 9.17) is 4.52 Å². The van der Waals surface area contributed by atoms with Crippen LogP contribution in [0.2, 0.25) is 0 Å². The zero-order valence-corrected chi connectivity index (χ0v) is 8.21. The largest absolute Gasteiger partial charge is 0.494 e. The van der Waals surface area contributed by atoms with E-state index in [-0.39, 0.29) is 0 Å². The summed E-state index contributed by atoms with van der Waals surface area (Å²) in [5.41, 5.74) is 1.60. The molecule has 2 rings (SSSR count). The fourth-order valence-electron chi connectivity index (χ4n) is 1.49. The molecule has 0 aliphatic carbocycles. The van der Waals surface area contributed by atoms with Crippen molar-refractivity contribution < 1.29 is 14.6 Å². The van der Waals surface area contributed by atoms with Crippen LogP contribution in [0.25, 0.3) is 11.3 Å². The predicted molar refractivity (Wildman–Crippen MR) is 56.5 cm³/mol. The summed E-state index contributed by atoms with van der Waals surface area (Å²) in [7, 11) is -1.56. The number of aryl methyl sites for hydroxylation is 1. The Morgan fingerprint density at radius 1 is 1.20 bits per heavy atom. The van der Waals surface area contributed by atoms with Crippen LogP contribution in [0.15, 0.2) is 34.9 Å². The van der Waals surface area contributed by atoms with Crippen molar-refractivity contribution in [1.29, 1.82) is 0 Å². The van der Waals surface area contributed by atoms with E-state index in [1.807, 2.05) is 30.3 Å². The minimum absolute atomic E-state index is 0.321. The smallest absolute Gasteiger partial charge is 0.423 e. The van der Waals surface area contributed by atoms with E-state index < -0.39 is 7.12 Å². The summed E-state index contributed by atoms with van der Waals surface area (Å²) in [5.74, 6) is 0.420. The average Bonchev–Trinajstić information content (AvgIpc) is 2.61. The summed E-state index contributed by atoms with van der Waals surface area (Å²) in [4.78, 5) is 0. The molecule has 2 aromatic rings. The molecule has 2 N–H and O–H groups in total. The first-order chi connectivity index (χ1) is 7.20. The predicted octanol–water partition coefficient (Wildman–Crippen LogP) is 0.330. The van der Waals surface area contributed by atoms with Gasteiger partial charge in [0.05, 0.1) is 5.46 Å². The third-order valence-electron chi connectivity index (χ3n) is 2.21. The van der Waals surface area contributed by atoms with Crippen molar-refractivity contribution >= 4 is 12.6 Å². The number of hydrogen-bond acceptors (Lipinski definition) is 4. The maximum absolute atomic E-state index is 9.19.